The SMILES string of the molecule is C.C.C#CCC=Cc1cccc(CC(C)(C#N)c2ccc3cc(CC)c(=O)[nH]c3c2)c1. The predicted octanol–water partition coefficient (Wildman–Crippen LogP) is 6.42. The van der Waals surface area contributed by atoms with Gasteiger partial charge < -0.3 is 4.98 Å². The summed E-state index contributed by atoms with van der Waals surface area (Å²) in [5.41, 5.74) is 3.78. The van der Waals surface area contributed by atoms with Gasteiger partial charge in [0.1, 0.15) is 0 Å². The lowest BCUT2D eigenvalue weighted by Gasteiger charge is -2.23. The van der Waals surface area contributed by atoms with E-state index in [1.54, 1.807) is 0 Å². The summed E-state index contributed by atoms with van der Waals surface area (Å²) in [4.78, 5) is 15.1. The minimum atomic E-state index is -0.713. The van der Waals surface area contributed by atoms with Gasteiger partial charge in [-0.15, -0.1) is 12.3 Å². The van der Waals surface area contributed by atoms with Crippen molar-refractivity contribution in [2.24, 2.45) is 0 Å². The number of rotatable bonds is 6. The van der Waals surface area contributed by atoms with Gasteiger partial charge in [0.05, 0.1) is 11.5 Å². The molecule has 0 saturated carbocycles. The molecule has 3 rings (SSSR count). The molecule has 1 atom stereocenters. The zero-order valence-electron chi connectivity index (χ0n) is 16.8. The summed E-state index contributed by atoms with van der Waals surface area (Å²) in [5, 5.41) is 11.0. The van der Waals surface area contributed by atoms with Gasteiger partial charge in [0.15, 0.2) is 0 Å². The molecular weight excluding hydrogens is 380 g/mol. The fraction of sp³-hybridized carbons (Fsp3) is 0.286. The van der Waals surface area contributed by atoms with Gasteiger partial charge in [-0.05, 0) is 54.0 Å². The number of allylic oxidation sites excluding steroid dienone is 1. The summed E-state index contributed by atoms with van der Waals surface area (Å²) in [6, 6.07) is 18.4. The summed E-state index contributed by atoms with van der Waals surface area (Å²) in [7, 11) is 0. The Morgan fingerprint density at radius 1 is 1.16 bits per heavy atom. The molecule has 160 valence electrons. The number of aromatic amines is 1. The smallest absolute Gasteiger partial charge is 0.251 e. The van der Waals surface area contributed by atoms with Crippen LogP contribution < -0.4 is 5.56 Å². The molecule has 1 N–H and O–H groups in total. The molecule has 0 spiro atoms. The maximum Gasteiger partial charge on any atom is 0.251 e. The van der Waals surface area contributed by atoms with E-state index < -0.39 is 5.41 Å². The number of terminal acetylenes is 1. The number of aryl methyl sites for hydroxylation is 1. The molecule has 0 radical (unpaired) electrons. The number of hydrogen-bond donors (Lipinski definition) is 1. The third kappa shape index (κ3) is 5.74. The molecule has 3 nitrogen and oxygen atoms in total. The molecule has 3 aromatic rings. The molecule has 1 unspecified atom stereocenters. The molecule has 0 bridgehead atoms. The number of aromatic nitrogens is 1. The number of nitrogens with zero attached hydrogens (tertiary/aromatic N) is 1. The Morgan fingerprint density at radius 2 is 1.94 bits per heavy atom. The van der Waals surface area contributed by atoms with Gasteiger partial charge in [0.25, 0.3) is 5.56 Å². The Balaban J connectivity index is 0.00000240. The summed E-state index contributed by atoms with van der Waals surface area (Å²) < 4.78 is 0. The van der Waals surface area contributed by atoms with E-state index in [0.717, 1.165) is 33.2 Å². The molecule has 0 aliphatic heterocycles. The van der Waals surface area contributed by atoms with Gasteiger partial charge in [0, 0.05) is 17.5 Å². The number of hydrogen-bond acceptors (Lipinski definition) is 2. The fourth-order valence-corrected chi connectivity index (χ4v) is 3.54. The molecule has 0 amide bonds. The Labute approximate surface area is 186 Å². The zero-order valence-corrected chi connectivity index (χ0v) is 16.8. The van der Waals surface area contributed by atoms with Crippen LogP contribution in [0, 0.1) is 23.7 Å². The standard InChI is InChI=1S/C26H24N2O.2CH4/c1-4-6-7-9-19-10-8-11-20(14-19)17-26(3,18-27)23-13-12-22-15-21(5-2)25(29)28-24(22)16-23;;/h1,7-16H,5-6,17H2,2-3H3,(H,28,29);2*1H4. The van der Waals surface area contributed by atoms with Gasteiger partial charge in [-0.2, -0.15) is 5.26 Å². The monoisotopic (exact) mass is 412 g/mol. The van der Waals surface area contributed by atoms with Crippen LogP contribution in [0.1, 0.15) is 57.4 Å². The second kappa shape index (κ2) is 11.0. The molecule has 0 aliphatic carbocycles. The molecule has 0 aliphatic rings. The van der Waals surface area contributed by atoms with Crippen LogP contribution in [0.2, 0.25) is 0 Å². The second-order valence-electron chi connectivity index (χ2n) is 7.46. The highest BCUT2D eigenvalue weighted by atomic mass is 16.1. The van der Waals surface area contributed by atoms with Crippen LogP contribution in [-0.4, -0.2) is 4.98 Å². The lowest BCUT2D eigenvalue weighted by atomic mass is 9.78. The first-order chi connectivity index (χ1) is 14.0. The van der Waals surface area contributed by atoms with E-state index in [2.05, 4.69) is 23.0 Å². The molecule has 1 heterocycles. The van der Waals surface area contributed by atoms with Crippen LogP contribution in [0.25, 0.3) is 17.0 Å². The molecule has 2 aromatic carbocycles. The minimum Gasteiger partial charge on any atom is -0.322 e. The van der Waals surface area contributed by atoms with E-state index in [9.17, 15) is 10.1 Å². The summed E-state index contributed by atoms with van der Waals surface area (Å²) in [5.74, 6) is 2.59. The lowest BCUT2D eigenvalue weighted by molar-refractivity contribution is 0.607. The summed E-state index contributed by atoms with van der Waals surface area (Å²) in [6.07, 6.45) is 11.1. The first kappa shape index (κ1) is 25.5. The largest absolute Gasteiger partial charge is 0.322 e. The van der Waals surface area contributed by atoms with E-state index in [0.29, 0.717) is 19.3 Å². The van der Waals surface area contributed by atoms with Crippen molar-refractivity contribution in [1.82, 2.24) is 4.98 Å². The topological polar surface area (TPSA) is 56.6 Å². The number of nitriles is 1. The molecule has 0 fully saturated rings. The molecular formula is C28H32N2O. The van der Waals surface area contributed by atoms with E-state index in [1.807, 2.05) is 68.5 Å². The molecule has 31 heavy (non-hydrogen) atoms. The average Bonchev–Trinajstić information content (AvgIpc) is 2.73. The second-order valence-corrected chi connectivity index (χ2v) is 7.46. The predicted molar refractivity (Wildman–Crippen MR) is 133 cm³/mol. The number of nitrogens with one attached hydrogen (secondary N) is 1. The third-order valence-corrected chi connectivity index (χ3v) is 5.24. The highest BCUT2D eigenvalue weighted by Gasteiger charge is 2.27. The third-order valence-electron chi connectivity index (χ3n) is 5.24. The Kier molecular flexibility index (Phi) is 9.04. The number of benzene rings is 2. The van der Waals surface area contributed by atoms with E-state index in [-0.39, 0.29) is 20.4 Å². The van der Waals surface area contributed by atoms with Crippen molar-refractivity contribution in [3.63, 3.8) is 0 Å². The Hall–Kier alpha value is -3.56. The maximum absolute atomic E-state index is 12.2. The first-order valence-corrected chi connectivity index (χ1v) is 9.75. The fourth-order valence-electron chi connectivity index (χ4n) is 3.54. The van der Waals surface area contributed by atoms with Crippen molar-refractivity contribution in [2.75, 3.05) is 0 Å². The quantitative estimate of drug-likeness (QED) is 0.475. The van der Waals surface area contributed by atoms with Crippen LogP contribution in [0.4, 0.5) is 0 Å². The number of pyridine rings is 1. The lowest BCUT2D eigenvalue weighted by Crippen LogP contribution is -2.23. The van der Waals surface area contributed by atoms with Gasteiger partial charge in [-0.1, -0.05) is 70.3 Å². The zero-order chi connectivity index (χ0) is 20.9. The molecule has 0 saturated heterocycles. The van der Waals surface area contributed by atoms with Crippen molar-refractivity contribution in [3.05, 3.63) is 87.2 Å². The van der Waals surface area contributed by atoms with Gasteiger partial charge in [-0.3, -0.25) is 4.79 Å². The van der Waals surface area contributed by atoms with E-state index in [1.165, 1.54) is 0 Å². The van der Waals surface area contributed by atoms with Crippen molar-refractivity contribution in [2.45, 2.75) is 53.4 Å². The average molecular weight is 413 g/mol. The van der Waals surface area contributed by atoms with Crippen LogP contribution in [0.3, 0.4) is 0 Å². The van der Waals surface area contributed by atoms with Gasteiger partial charge >= 0.3 is 0 Å². The summed E-state index contributed by atoms with van der Waals surface area (Å²) >= 11 is 0. The highest BCUT2D eigenvalue weighted by molar-refractivity contribution is 5.80. The minimum absolute atomic E-state index is 0. The Bertz CT molecular complexity index is 1200. The van der Waals surface area contributed by atoms with Crippen LogP contribution in [0.5, 0.6) is 0 Å². The van der Waals surface area contributed by atoms with Crippen LogP contribution >= 0.6 is 0 Å². The number of H-pyrrole nitrogens is 1. The Morgan fingerprint density at radius 3 is 2.61 bits per heavy atom. The summed E-state index contributed by atoms with van der Waals surface area (Å²) in [6.45, 7) is 3.90. The van der Waals surface area contributed by atoms with E-state index in [4.69, 9.17) is 6.42 Å². The number of fused-ring (bicyclic) bond motifs is 1. The van der Waals surface area contributed by atoms with Crippen LogP contribution in [0.15, 0.2) is 59.4 Å². The molecule has 1 aromatic heterocycles. The maximum atomic E-state index is 12.2. The van der Waals surface area contributed by atoms with Crippen molar-refractivity contribution < 1.29 is 0 Å². The molecule has 3 heteroatoms. The van der Waals surface area contributed by atoms with Crippen molar-refractivity contribution in [1.29, 1.82) is 5.26 Å². The van der Waals surface area contributed by atoms with Crippen LogP contribution in [-0.2, 0) is 18.3 Å². The van der Waals surface area contributed by atoms with Gasteiger partial charge in [-0.25, -0.2) is 0 Å². The normalized spacial score (nSPS) is 12.3. The van der Waals surface area contributed by atoms with Gasteiger partial charge in [0.2, 0.25) is 0 Å². The first-order valence-electron chi connectivity index (χ1n) is 9.75. The van der Waals surface area contributed by atoms with Crippen molar-refractivity contribution in [3.8, 4) is 18.4 Å². The van der Waals surface area contributed by atoms with Crippen molar-refractivity contribution >= 4 is 17.0 Å². The van der Waals surface area contributed by atoms with E-state index >= 15 is 0 Å². The highest BCUT2D eigenvalue weighted by Crippen LogP contribution is 2.30.